The van der Waals surface area contributed by atoms with E-state index < -0.39 is 201 Å². The van der Waals surface area contributed by atoms with E-state index >= 15 is 0 Å². The minimum absolute atomic E-state index is 0.134. The molecule has 2 spiro atoms. The number of nitrogens with two attached hydrogens (primary N) is 1. The molecule has 9 N–H and O–H groups in total. The number of phenolic OH excluding ortho intramolecular Hbond substituents is 1. The van der Waals surface area contributed by atoms with Crippen molar-refractivity contribution in [3.05, 3.63) is 21.2 Å². The number of esters is 1. The Kier molecular flexibility index (Phi) is 20.7. The largest absolute Gasteiger partial charge is 0.505 e. The molecule has 10 fully saturated rings. The Labute approximate surface area is 527 Å². The molecule has 90 heavy (non-hydrogen) atoms. The second-order valence-electron chi connectivity index (χ2n) is 24.3. The Morgan fingerprint density at radius 2 is 1.39 bits per heavy atom. The lowest BCUT2D eigenvalue weighted by Crippen LogP contribution is -2.69. The molecule has 1 unspecified atom stereocenters. The van der Waals surface area contributed by atoms with Crippen LogP contribution in [0.5, 0.6) is 11.5 Å². The second-order valence-corrected chi connectivity index (χ2v) is 25.1. The van der Waals surface area contributed by atoms with Crippen LogP contribution in [0.3, 0.4) is 0 Å². The van der Waals surface area contributed by atoms with Crippen molar-refractivity contribution in [2.24, 2.45) is 5.73 Å². The van der Waals surface area contributed by atoms with E-state index in [9.17, 15) is 40.5 Å². The molecule has 31 atom stereocenters. The first kappa shape index (κ1) is 69.1. The third kappa shape index (κ3) is 12.4. The Hall–Kier alpha value is -2.25. The predicted octanol–water partition coefficient (Wildman–Crippen LogP) is -1.20. The van der Waals surface area contributed by atoms with E-state index in [2.05, 4.69) is 0 Å². The molecule has 512 valence electrons. The van der Waals surface area contributed by atoms with Gasteiger partial charge in [0.05, 0.1) is 81.1 Å². The van der Waals surface area contributed by atoms with Crippen LogP contribution in [0.2, 0.25) is 10.0 Å². The number of carbonyl (C=O) groups is 1. The van der Waals surface area contributed by atoms with E-state index in [0.717, 1.165) is 0 Å². The third-order valence-electron chi connectivity index (χ3n) is 18.5. The maximum atomic E-state index is 13.5. The highest BCUT2D eigenvalue weighted by Crippen LogP contribution is 2.51. The Morgan fingerprint density at radius 1 is 0.689 bits per heavy atom. The zero-order chi connectivity index (χ0) is 64.8. The fraction of sp³-hybridized carbons (Fsp3) is 0.875. The molecule has 11 rings (SSSR count). The van der Waals surface area contributed by atoms with Crippen molar-refractivity contribution >= 4 is 29.2 Å². The molecule has 10 saturated heterocycles. The van der Waals surface area contributed by atoms with Crippen molar-refractivity contribution < 1.29 is 149 Å². The van der Waals surface area contributed by atoms with E-state index in [-0.39, 0.29) is 72.8 Å². The van der Waals surface area contributed by atoms with E-state index in [0.29, 0.717) is 0 Å². The number of aliphatic hydroxyl groups excluding tert-OH is 5. The maximum absolute atomic E-state index is 13.5. The lowest BCUT2D eigenvalue weighted by Gasteiger charge is -2.49. The quantitative estimate of drug-likeness (QED) is 0.0849. The molecule has 10 heterocycles. The van der Waals surface area contributed by atoms with Crippen LogP contribution in [-0.2, 0) is 104 Å². The van der Waals surface area contributed by atoms with Gasteiger partial charge in [0, 0.05) is 41.3 Å². The van der Waals surface area contributed by atoms with Crippen molar-refractivity contribution in [3.8, 4) is 11.5 Å². The summed E-state index contributed by atoms with van der Waals surface area (Å²) in [6, 6.07) is 0. The summed E-state index contributed by atoms with van der Waals surface area (Å²) in [6.45, 7) is 8.76. The fourth-order valence-corrected chi connectivity index (χ4v) is 14.3. The van der Waals surface area contributed by atoms with E-state index in [1.165, 1.54) is 42.5 Å². The maximum Gasteiger partial charge on any atom is 0.342 e. The monoisotopic (exact) mass is 1340 g/mol. The molecule has 1 aromatic carbocycles. The Balaban J connectivity index is 0.699. The molecular formula is C56H83Cl2NO31. The summed E-state index contributed by atoms with van der Waals surface area (Å²) >= 11 is 12.5. The number of fused-ring (bicyclic) bond motifs is 4. The molecule has 0 amide bonds. The molecule has 10 aliphatic heterocycles. The van der Waals surface area contributed by atoms with Gasteiger partial charge in [0.15, 0.2) is 60.9 Å². The molecule has 34 heteroatoms. The first-order valence-electron chi connectivity index (χ1n) is 29.8. The van der Waals surface area contributed by atoms with Gasteiger partial charge in [0.25, 0.3) is 5.97 Å². The van der Waals surface area contributed by atoms with Crippen molar-refractivity contribution in [1.29, 1.82) is 0 Å². The molecule has 0 aliphatic carbocycles. The van der Waals surface area contributed by atoms with Gasteiger partial charge in [-0.3, -0.25) is 0 Å². The van der Waals surface area contributed by atoms with Crippen molar-refractivity contribution in [2.75, 3.05) is 62.2 Å². The first-order chi connectivity index (χ1) is 42.7. The molecule has 0 bridgehead atoms. The minimum atomic E-state index is -1.92. The molecule has 1 aromatic rings. The average molecular weight is 1340 g/mol. The summed E-state index contributed by atoms with van der Waals surface area (Å²) in [7, 11) is 6.79. The normalized spacial score (nSPS) is 48.9. The lowest BCUT2D eigenvalue weighted by molar-refractivity contribution is -0.421. The number of carbonyl (C=O) groups excluding carboxylic acids is 1. The van der Waals surface area contributed by atoms with Crippen molar-refractivity contribution in [2.45, 2.75) is 250 Å². The lowest BCUT2D eigenvalue weighted by atomic mass is 9.85. The number of benzene rings is 1. The van der Waals surface area contributed by atoms with E-state index in [1.807, 2.05) is 0 Å². The zero-order valence-electron chi connectivity index (χ0n) is 51.3. The van der Waals surface area contributed by atoms with Gasteiger partial charge in [-0.1, -0.05) is 23.2 Å². The number of aliphatic hydroxyl groups is 6. The SMILES string of the molecule is COC[C@H]1O[C@@H](O[C@@H]2OC[C@@H]3O[C@@]4(OC[C@@](O)(C(C)OC)[C@@H]5OCO[C@H]54)O[C@H]3[C@H]2O)[C@@H](OC)[C@@H](O)[C@@H]1O[C@@H]1O[C@H](C)[C@H](OC)[C@H](O[C@H]2C[C@@]3(N)O[C@@]4(C[C@@H](O)[C@H](O[C@H]5C[C@@H](O)[C@H](OC(=O)c6c(C)c(Cl)c(O)c(Cl)c6OC)[C@@H](C)O5)[C@@H](C)O4)O[C@@H]3[C@@H](C)O2)[C@H]1O. The van der Waals surface area contributed by atoms with Gasteiger partial charge in [0.1, 0.15) is 102 Å². The van der Waals surface area contributed by atoms with Crippen LogP contribution in [0.1, 0.15) is 69.8 Å². The molecule has 0 radical (unpaired) electrons. The molecule has 0 aromatic heterocycles. The summed E-state index contributed by atoms with van der Waals surface area (Å²) in [6.07, 6.45) is -32.4. The molecular weight excluding hydrogens is 1250 g/mol. The molecule has 0 saturated carbocycles. The Bertz CT molecular complexity index is 2650. The van der Waals surface area contributed by atoms with Crippen LogP contribution < -0.4 is 10.5 Å². The summed E-state index contributed by atoms with van der Waals surface area (Å²) in [5.74, 6) is -5.41. The number of aromatic hydroxyl groups is 1. The van der Waals surface area contributed by atoms with E-state index in [1.54, 1.807) is 34.6 Å². The average Bonchev–Trinajstić information content (AvgIpc) is 1.55. The second kappa shape index (κ2) is 27.0. The third-order valence-corrected chi connectivity index (χ3v) is 19.3. The minimum Gasteiger partial charge on any atom is -0.505 e. The summed E-state index contributed by atoms with van der Waals surface area (Å²) in [4.78, 5) is 13.5. The highest BCUT2D eigenvalue weighted by molar-refractivity contribution is 6.39. The summed E-state index contributed by atoms with van der Waals surface area (Å²) in [5.41, 5.74) is 3.71. The van der Waals surface area contributed by atoms with Crippen LogP contribution >= 0.6 is 23.2 Å². The summed E-state index contributed by atoms with van der Waals surface area (Å²) in [5, 5.41) is 80.3. The van der Waals surface area contributed by atoms with Crippen LogP contribution in [0.15, 0.2) is 0 Å². The van der Waals surface area contributed by atoms with Crippen molar-refractivity contribution in [1.82, 2.24) is 0 Å². The first-order valence-corrected chi connectivity index (χ1v) is 30.5. The van der Waals surface area contributed by atoms with Gasteiger partial charge in [-0.25, -0.2) is 4.79 Å². The number of hydrogen-bond acceptors (Lipinski definition) is 32. The van der Waals surface area contributed by atoms with Gasteiger partial charge >= 0.3 is 11.9 Å². The van der Waals surface area contributed by atoms with Crippen LogP contribution in [-0.4, -0.2) is 293 Å². The number of hydrogen-bond donors (Lipinski definition) is 8. The topological polar surface area (TPSA) is 397 Å². The zero-order valence-corrected chi connectivity index (χ0v) is 52.8. The number of phenols is 1. The standard InChI is InChI=1S/C56H83Cl2NO31/c1-19-31(43(71-10)33(58)34(62)32(19)57)49(66)83-38-20(2)77-29(12-25(38)60)81-39-22(4)86-55(13-26(39)61)89-46-23(5)78-30(14-54(46,59)90-55)82-44-37(65)51(79-21(3)40(44)70-9)84-41-27(15-68-7)80-52(45(72-11)35(41)63)85-50-36(64)42-28(16-73-50)87-56(88-42)48-47(74-18-75-48)53(67,17-76-56)24(6)69-8/h20-30,35-42,44-48,50-52,60-65,67H,12-18,59H2,1-11H3/t20-,21-,22-,23-,24?,25-,26-,27-,28+,29+,30+,35+,36-,37-,38-,39-,40+,41-,42-,44-,45+,46-,47-,48-,50+,51+,52+,53-,54-,55-,56-/m1/s1. The van der Waals surface area contributed by atoms with E-state index in [4.69, 9.17) is 138 Å². The van der Waals surface area contributed by atoms with Gasteiger partial charge in [-0.05, 0) is 47.1 Å². The van der Waals surface area contributed by atoms with Crippen LogP contribution in [0.25, 0.3) is 0 Å². The van der Waals surface area contributed by atoms with Gasteiger partial charge in [-0.2, -0.15) is 0 Å². The number of rotatable bonds is 17. The van der Waals surface area contributed by atoms with Crippen LogP contribution in [0, 0.1) is 6.92 Å². The van der Waals surface area contributed by atoms with Gasteiger partial charge in [-0.15, -0.1) is 0 Å². The smallest absolute Gasteiger partial charge is 0.342 e. The Morgan fingerprint density at radius 3 is 2.07 bits per heavy atom. The van der Waals surface area contributed by atoms with Crippen molar-refractivity contribution in [3.63, 3.8) is 0 Å². The molecule has 32 nitrogen and oxygen atoms in total. The van der Waals surface area contributed by atoms with Gasteiger partial charge < -0.3 is 150 Å². The number of methoxy groups -OCH3 is 5. The molecule has 10 aliphatic rings. The number of halogens is 2. The van der Waals surface area contributed by atoms with Gasteiger partial charge in [0.2, 0.25) is 0 Å². The highest BCUT2D eigenvalue weighted by atomic mass is 35.5. The highest BCUT2D eigenvalue weighted by Gasteiger charge is 2.71. The predicted molar refractivity (Wildman–Crippen MR) is 294 cm³/mol. The number of ether oxygens (including phenoxy) is 23. The summed E-state index contributed by atoms with van der Waals surface area (Å²) < 4.78 is 139. The van der Waals surface area contributed by atoms with Crippen LogP contribution in [0.4, 0.5) is 0 Å². The fourth-order valence-electron chi connectivity index (χ4n) is 13.8.